The minimum atomic E-state index is -4.67. The zero-order valence-corrected chi connectivity index (χ0v) is 8.96. The summed E-state index contributed by atoms with van der Waals surface area (Å²) in [5.41, 5.74) is -1.35. The second kappa shape index (κ2) is 4.02. The number of benzene rings is 1. The van der Waals surface area contributed by atoms with Gasteiger partial charge in [-0.2, -0.15) is 13.2 Å². The van der Waals surface area contributed by atoms with Crippen molar-refractivity contribution >= 4 is 29.0 Å². The topological polar surface area (TPSA) is 17.1 Å². The van der Waals surface area contributed by atoms with E-state index in [-0.39, 0.29) is 5.56 Å². The van der Waals surface area contributed by atoms with Crippen molar-refractivity contribution in [2.75, 3.05) is 0 Å². The monoisotopic (exact) mass is 256 g/mol. The van der Waals surface area contributed by atoms with Crippen molar-refractivity contribution in [3.8, 4) is 0 Å². The third-order valence-electron chi connectivity index (χ3n) is 1.75. The lowest BCUT2D eigenvalue weighted by Gasteiger charge is -2.12. The van der Waals surface area contributed by atoms with E-state index in [1.54, 1.807) is 0 Å². The third-order valence-corrected chi connectivity index (χ3v) is 2.46. The largest absolute Gasteiger partial charge is 0.419 e. The first kappa shape index (κ1) is 12.3. The Kier molecular flexibility index (Phi) is 3.31. The van der Waals surface area contributed by atoms with Gasteiger partial charge in [0.15, 0.2) is 5.78 Å². The molecule has 0 radical (unpaired) electrons. The number of rotatable bonds is 1. The molecule has 0 unspecified atom stereocenters. The molecule has 1 nitrogen and oxygen atoms in total. The summed E-state index contributed by atoms with van der Waals surface area (Å²) in [6, 6.07) is 2.18. The summed E-state index contributed by atoms with van der Waals surface area (Å²) < 4.78 is 37.4. The van der Waals surface area contributed by atoms with Gasteiger partial charge in [-0.15, -0.1) is 0 Å². The van der Waals surface area contributed by atoms with Crippen LogP contribution in [-0.2, 0) is 6.18 Å². The molecular weight excluding hydrogens is 252 g/mol. The Labute approximate surface area is 93.8 Å². The van der Waals surface area contributed by atoms with Gasteiger partial charge in [0, 0.05) is 5.56 Å². The van der Waals surface area contributed by atoms with E-state index in [2.05, 4.69) is 0 Å². The van der Waals surface area contributed by atoms with Gasteiger partial charge in [0.1, 0.15) is 0 Å². The number of ketones is 1. The van der Waals surface area contributed by atoms with Crippen LogP contribution in [0.1, 0.15) is 22.8 Å². The SMILES string of the molecule is CC(=O)c1ccc(Cl)c(C(F)(F)F)c1Cl. The van der Waals surface area contributed by atoms with E-state index in [9.17, 15) is 18.0 Å². The van der Waals surface area contributed by atoms with Crippen molar-refractivity contribution < 1.29 is 18.0 Å². The highest BCUT2D eigenvalue weighted by atomic mass is 35.5. The fraction of sp³-hybridized carbons (Fsp3) is 0.222. The fourth-order valence-corrected chi connectivity index (χ4v) is 1.80. The first-order valence-electron chi connectivity index (χ1n) is 3.81. The van der Waals surface area contributed by atoms with E-state index < -0.39 is 27.6 Å². The number of carbonyl (C=O) groups is 1. The molecule has 0 spiro atoms. The van der Waals surface area contributed by atoms with Crippen LogP contribution in [0.15, 0.2) is 12.1 Å². The number of carbonyl (C=O) groups excluding carboxylic acids is 1. The first-order chi connectivity index (χ1) is 6.75. The van der Waals surface area contributed by atoms with Crippen LogP contribution < -0.4 is 0 Å². The van der Waals surface area contributed by atoms with Crippen LogP contribution in [0.5, 0.6) is 0 Å². The normalized spacial score (nSPS) is 11.6. The van der Waals surface area contributed by atoms with Gasteiger partial charge in [0.05, 0.1) is 15.6 Å². The molecule has 0 N–H and O–H groups in total. The highest BCUT2D eigenvalue weighted by molar-refractivity contribution is 6.38. The smallest absolute Gasteiger partial charge is 0.294 e. The molecule has 0 saturated heterocycles. The summed E-state index contributed by atoms with van der Waals surface area (Å²) in [7, 11) is 0. The standard InChI is InChI=1S/C9H5Cl2F3O/c1-4(15)5-2-3-6(10)7(8(5)11)9(12,13)14/h2-3H,1H3. The average molecular weight is 257 g/mol. The van der Waals surface area contributed by atoms with Crippen LogP contribution in [0, 0.1) is 0 Å². The summed E-state index contributed by atoms with van der Waals surface area (Å²) in [6.45, 7) is 1.13. The molecule has 82 valence electrons. The molecule has 15 heavy (non-hydrogen) atoms. The van der Waals surface area contributed by atoms with Gasteiger partial charge in [0.25, 0.3) is 0 Å². The van der Waals surface area contributed by atoms with Crippen molar-refractivity contribution in [2.45, 2.75) is 13.1 Å². The molecule has 0 aliphatic rings. The van der Waals surface area contributed by atoms with E-state index in [0.717, 1.165) is 13.0 Å². The van der Waals surface area contributed by atoms with Gasteiger partial charge in [-0.1, -0.05) is 23.2 Å². The molecule has 0 aliphatic carbocycles. The molecule has 0 fully saturated rings. The van der Waals surface area contributed by atoms with Gasteiger partial charge in [-0.25, -0.2) is 0 Å². The van der Waals surface area contributed by atoms with Crippen LogP contribution in [0.4, 0.5) is 13.2 Å². The van der Waals surface area contributed by atoms with Crippen molar-refractivity contribution in [1.29, 1.82) is 0 Å². The molecule has 0 heterocycles. The van der Waals surface area contributed by atoms with Crippen LogP contribution in [-0.4, -0.2) is 5.78 Å². The van der Waals surface area contributed by atoms with Crippen LogP contribution in [0.25, 0.3) is 0 Å². The maximum Gasteiger partial charge on any atom is 0.419 e. The number of hydrogen-bond acceptors (Lipinski definition) is 1. The van der Waals surface area contributed by atoms with E-state index in [4.69, 9.17) is 23.2 Å². The molecule has 0 amide bonds. The molecule has 0 aromatic heterocycles. The van der Waals surface area contributed by atoms with Gasteiger partial charge in [-0.05, 0) is 19.1 Å². The van der Waals surface area contributed by atoms with Gasteiger partial charge < -0.3 is 0 Å². The first-order valence-corrected chi connectivity index (χ1v) is 4.57. The average Bonchev–Trinajstić information content (AvgIpc) is 2.00. The molecule has 1 aromatic rings. The van der Waals surface area contributed by atoms with Crippen LogP contribution in [0.3, 0.4) is 0 Å². The Morgan fingerprint density at radius 3 is 2.20 bits per heavy atom. The van der Waals surface area contributed by atoms with E-state index in [1.165, 1.54) is 6.07 Å². The lowest BCUT2D eigenvalue weighted by molar-refractivity contribution is -0.137. The molecule has 0 atom stereocenters. The van der Waals surface area contributed by atoms with Crippen LogP contribution >= 0.6 is 23.2 Å². The minimum Gasteiger partial charge on any atom is -0.294 e. The second-order valence-electron chi connectivity index (χ2n) is 2.84. The minimum absolute atomic E-state index is 0.187. The lowest BCUT2D eigenvalue weighted by atomic mass is 10.1. The molecule has 6 heteroatoms. The lowest BCUT2D eigenvalue weighted by Crippen LogP contribution is -2.09. The zero-order valence-electron chi connectivity index (χ0n) is 7.45. The molecule has 0 bridgehead atoms. The van der Waals surface area contributed by atoms with Crippen LogP contribution in [0.2, 0.25) is 10.0 Å². The highest BCUT2D eigenvalue weighted by Gasteiger charge is 2.37. The summed E-state index contributed by atoms with van der Waals surface area (Å²) in [5, 5.41) is -1.17. The summed E-state index contributed by atoms with van der Waals surface area (Å²) in [4.78, 5) is 11.0. The molecular formula is C9H5Cl2F3O. The van der Waals surface area contributed by atoms with E-state index in [1.807, 2.05) is 0 Å². The van der Waals surface area contributed by atoms with Gasteiger partial charge in [-0.3, -0.25) is 4.79 Å². The number of halogens is 5. The Bertz CT molecular complexity index is 413. The van der Waals surface area contributed by atoms with E-state index >= 15 is 0 Å². The maximum absolute atomic E-state index is 12.5. The van der Waals surface area contributed by atoms with Gasteiger partial charge >= 0.3 is 6.18 Å². The third kappa shape index (κ3) is 2.44. The molecule has 1 rings (SSSR count). The van der Waals surface area contributed by atoms with E-state index in [0.29, 0.717) is 0 Å². The number of hydrogen-bond donors (Lipinski definition) is 0. The fourth-order valence-electron chi connectivity index (χ4n) is 1.08. The summed E-state index contributed by atoms with van der Waals surface area (Å²) in [6.07, 6.45) is -4.67. The summed E-state index contributed by atoms with van der Waals surface area (Å²) in [5.74, 6) is -0.540. The Balaban J connectivity index is 3.51. The Morgan fingerprint density at radius 2 is 1.80 bits per heavy atom. The number of alkyl halides is 3. The number of Topliss-reactive ketones (excluding diaryl/α,β-unsaturated/α-hetero) is 1. The molecule has 1 aromatic carbocycles. The zero-order chi connectivity index (χ0) is 11.8. The molecule has 0 aliphatic heterocycles. The van der Waals surface area contributed by atoms with Crippen molar-refractivity contribution in [2.24, 2.45) is 0 Å². The summed E-state index contributed by atoms with van der Waals surface area (Å²) >= 11 is 10.8. The van der Waals surface area contributed by atoms with Crippen molar-refractivity contribution in [3.05, 3.63) is 33.3 Å². The van der Waals surface area contributed by atoms with Crippen molar-refractivity contribution in [3.63, 3.8) is 0 Å². The molecule has 0 saturated carbocycles. The van der Waals surface area contributed by atoms with Gasteiger partial charge in [0.2, 0.25) is 0 Å². The van der Waals surface area contributed by atoms with Crippen molar-refractivity contribution in [1.82, 2.24) is 0 Å². The maximum atomic E-state index is 12.5. The predicted octanol–water partition coefficient (Wildman–Crippen LogP) is 4.21. The Morgan fingerprint density at radius 1 is 1.27 bits per heavy atom. The Hall–Kier alpha value is -0.740. The predicted molar refractivity (Wildman–Crippen MR) is 51.5 cm³/mol. The second-order valence-corrected chi connectivity index (χ2v) is 3.62. The highest BCUT2D eigenvalue weighted by Crippen LogP contribution is 2.41. The quantitative estimate of drug-likeness (QED) is 0.688.